The zero-order valence-electron chi connectivity index (χ0n) is 6.77. The number of rotatable bonds is 2. The molecule has 0 saturated carbocycles. The Bertz CT molecular complexity index is 169. The van der Waals surface area contributed by atoms with Gasteiger partial charge in [0.25, 0.3) is 0 Å². The van der Waals surface area contributed by atoms with E-state index in [4.69, 9.17) is 9.84 Å². The van der Waals surface area contributed by atoms with E-state index in [1.807, 2.05) is 0 Å². The van der Waals surface area contributed by atoms with Gasteiger partial charge in [0.1, 0.15) is 6.10 Å². The molecule has 1 saturated heterocycles. The summed E-state index contributed by atoms with van der Waals surface area (Å²) in [7, 11) is 1.25. The van der Waals surface area contributed by atoms with Crippen molar-refractivity contribution in [2.24, 2.45) is 0 Å². The maximum atomic E-state index is 10.9. The van der Waals surface area contributed by atoms with Crippen LogP contribution >= 0.6 is 0 Å². The van der Waals surface area contributed by atoms with Crippen LogP contribution in [0, 0.1) is 0 Å². The molecule has 0 aromatic carbocycles. The van der Waals surface area contributed by atoms with E-state index in [0.29, 0.717) is 0 Å². The molecule has 1 aliphatic heterocycles. The first-order valence-corrected chi connectivity index (χ1v) is 3.71. The van der Waals surface area contributed by atoms with Crippen molar-refractivity contribution in [3.05, 3.63) is 0 Å². The predicted molar refractivity (Wildman–Crippen MR) is 38.4 cm³/mol. The van der Waals surface area contributed by atoms with Gasteiger partial charge in [-0.05, 0) is 0 Å². The standard InChI is InChI=1S/C7H12O5/c1-11-7(10)5-2-4(9)6(3-8)12-5/h4-6,8-9H,2-3H2,1H3/t4-,5+,6+/m0/s1. The first-order valence-electron chi connectivity index (χ1n) is 3.71. The number of carbonyl (C=O) groups is 1. The molecular formula is C7H12O5. The van der Waals surface area contributed by atoms with Gasteiger partial charge in [0.05, 0.1) is 19.8 Å². The molecule has 0 spiro atoms. The topological polar surface area (TPSA) is 76.0 Å². The van der Waals surface area contributed by atoms with Crippen molar-refractivity contribution < 1.29 is 24.5 Å². The number of aliphatic hydroxyl groups excluding tert-OH is 2. The second kappa shape index (κ2) is 3.84. The minimum absolute atomic E-state index is 0.192. The van der Waals surface area contributed by atoms with Crippen molar-refractivity contribution in [2.45, 2.75) is 24.7 Å². The summed E-state index contributed by atoms with van der Waals surface area (Å²) < 4.78 is 9.42. The second-order valence-electron chi connectivity index (χ2n) is 2.67. The smallest absolute Gasteiger partial charge is 0.335 e. The zero-order valence-corrected chi connectivity index (χ0v) is 6.77. The van der Waals surface area contributed by atoms with Crippen LogP contribution in [-0.2, 0) is 14.3 Å². The lowest BCUT2D eigenvalue weighted by Crippen LogP contribution is -2.25. The van der Waals surface area contributed by atoms with E-state index in [0.717, 1.165) is 0 Å². The van der Waals surface area contributed by atoms with Crippen LogP contribution in [0.3, 0.4) is 0 Å². The van der Waals surface area contributed by atoms with E-state index in [2.05, 4.69) is 4.74 Å². The molecule has 3 atom stereocenters. The molecule has 5 heteroatoms. The lowest BCUT2D eigenvalue weighted by atomic mass is 10.1. The molecule has 70 valence electrons. The van der Waals surface area contributed by atoms with Crippen LogP contribution in [-0.4, -0.2) is 48.2 Å². The van der Waals surface area contributed by atoms with Gasteiger partial charge in [-0.2, -0.15) is 0 Å². The van der Waals surface area contributed by atoms with E-state index in [9.17, 15) is 9.90 Å². The fourth-order valence-electron chi connectivity index (χ4n) is 1.18. The highest BCUT2D eigenvalue weighted by molar-refractivity contribution is 5.74. The van der Waals surface area contributed by atoms with E-state index in [1.54, 1.807) is 0 Å². The Morgan fingerprint density at radius 1 is 1.75 bits per heavy atom. The Morgan fingerprint density at radius 3 is 2.83 bits per heavy atom. The highest BCUT2D eigenvalue weighted by Crippen LogP contribution is 2.20. The Hall–Kier alpha value is -0.650. The van der Waals surface area contributed by atoms with Crippen LogP contribution in [0.5, 0.6) is 0 Å². The van der Waals surface area contributed by atoms with Gasteiger partial charge in [0.15, 0.2) is 6.10 Å². The van der Waals surface area contributed by atoms with Gasteiger partial charge in [-0.15, -0.1) is 0 Å². The van der Waals surface area contributed by atoms with Gasteiger partial charge in [-0.1, -0.05) is 0 Å². The molecule has 0 unspecified atom stereocenters. The molecule has 2 N–H and O–H groups in total. The summed E-state index contributed by atoms with van der Waals surface area (Å²) in [6.45, 7) is -0.283. The molecule has 1 aliphatic rings. The Morgan fingerprint density at radius 2 is 2.42 bits per heavy atom. The summed E-state index contributed by atoms with van der Waals surface area (Å²) >= 11 is 0. The summed E-state index contributed by atoms with van der Waals surface area (Å²) in [6.07, 6.45) is -1.98. The maximum absolute atomic E-state index is 10.9. The SMILES string of the molecule is COC(=O)[C@H]1C[C@H](O)[C@@H](CO)O1. The third-order valence-corrected chi connectivity index (χ3v) is 1.87. The van der Waals surface area contributed by atoms with Crippen LogP contribution < -0.4 is 0 Å². The van der Waals surface area contributed by atoms with Crippen molar-refractivity contribution in [3.63, 3.8) is 0 Å². The number of hydrogen-bond donors (Lipinski definition) is 2. The molecule has 1 rings (SSSR count). The monoisotopic (exact) mass is 176 g/mol. The Kier molecular flexibility index (Phi) is 3.02. The maximum Gasteiger partial charge on any atom is 0.335 e. The second-order valence-corrected chi connectivity index (χ2v) is 2.67. The summed E-state index contributed by atoms with van der Waals surface area (Å²) in [5.41, 5.74) is 0. The fourth-order valence-corrected chi connectivity index (χ4v) is 1.18. The van der Waals surface area contributed by atoms with E-state index in [1.165, 1.54) is 7.11 Å². The lowest BCUT2D eigenvalue weighted by Gasteiger charge is -2.09. The van der Waals surface area contributed by atoms with Crippen LogP contribution in [0.25, 0.3) is 0 Å². The van der Waals surface area contributed by atoms with Crippen LogP contribution in [0.2, 0.25) is 0 Å². The molecule has 0 aromatic rings. The first kappa shape index (κ1) is 9.44. The normalized spacial score (nSPS) is 35.1. The first-order chi connectivity index (χ1) is 5.69. The minimum atomic E-state index is -0.779. The molecule has 0 bridgehead atoms. The quantitative estimate of drug-likeness (QED) is 0.510. The Labute approximate surface area is 69.9 Å². The number of esters is 1. The van der Waals surface area contributed by atoms with Gasteiger partial charge in [0, 0.05) is 6.42 Å². The number of hydrogen-bond acceptors (Lipinski definition) is 5. The molecule has 1 heterocycles. The van der Waals surface area contributed by atoms with E-state index >= 15 is 0 Å². The third kappa shape index (κ3) is 1.74. The van der Waals surface area contributed by atoms with Gasteiger partial charge >= 0.3 is 5.97 Å². The average Bonchev–Trinajstić information content (AvgIpc) is 2.45. The minimum Gasteiger partial charge on any atom is -0.467 e. The Balaban J connectivity index is 2.48. The predicted octanol–water partition coefficient (Wildman–Crippen LogP) is -1.33. The van der Waals surface area contributed by atoms with Crippen molar-refractivity contribution in [1.29, 1.82) is 0 Å². The van der Waals surface area contributed by atoms with E-state index < -0.39 is 24.3 Å². The average molecular weight is 176 g/mol. The number of aliphatic hydroxyl groups is 2. The van der Waals surface area contributed by atoms with Crippen LogP contribution in [0.1, 0.15) is 6.42 Å². The molecule has 12 heavy (non-hydrogen) atoms. The zero-order chi connectivity index (χ0) is 9.14. The number of carbonyl (C=O) groups excluding carboxylic acids is 1. The van der Waals surface area contributed by atoms with Crippen molar-refractivity contribution in [2.75, 3.05) is 13.7 Å². The summed E-state index contributed by atoms with van der Waals surface area (Å²) in [6, 6.07) is 0. The van der Waals surface area contributed by atoms with Crippen molar-refractivity contribution >= 4 is 5.97 Å². The van der Waals surface area contributed by atoms with Crippen LogP contribution in [0.4, 0.5) is 0 Å². The number of methoxy groups -OCH3 is 1. The molecule has 0 amide bonds. The summed E-state index contributed by atoms with van der Waals surface area (Å²) in [4.78, 5) is 10.9. The van der Waals surface area contributed by atoms with Crippen molar-refractivity contribution in [1.82, 2.24) is 0 Å². The third-order valence-electron chi connectivity index (χ3n) is 1.87. The van der Waals surface area contributed by atoms with Gasteiger partial charge < -0.3 is 19.7 Å². The lowest BCUT2D eigenvalue weighted by molar-refractivity contribution is -0.154. The molecule has 0 aromatic heterocycles. The molecule has 0 radical (unpaired) electrons. The largest absolute Gasteiger partial charge is 0.467 e. The molecular weight excluding hydrogens is 164 g/mol. The van der Waals surface area contributed by atoms with Crippen LogP contribution in [0.15, 0.2) is 0 Å². The molecule has 5 nitrogen and oxygen atoms in total. The highest BCUT2D eigenvalue weighted by atomic mass is 16.6. The van der Waals surface area contributed by atoms with E-state index in [-0.39, 0.29) is 13.0 Å². The fraction of sp³-hybridized carbons (Fsp3) is 0.857. The van der Waals surface area contributed by atoms with Gasteiger partial charge in [-0.25, -0.2) is 4.79 Å². The summed E-state index contributed by atoms with van der Waals surface area (Å²) in [5.74, 6) is -0.509. The molecule has 1 fully saturated rings. The van der Waals surface area contributed by atoms with Gasteiger partial charge in [-0.3, -0.25) is 0 Å². The highest BCUT2D eigenvalue weighted by Gasteiger charge is 2.37. The van der Waals surface area contributed by atoms with Gasteiger partial charge in [0.2, 0.25) is 0 Å². The number of ether oxygens (including phenoxy) is 2. The van der Waals surface area contributed by atoms with Crippen molar-refractivity contribution in [3.8, 4) is 0 Å². The summed E-state index contributed by atoms with van der Waals surface area (Å²) in [5, 5.41) is 17.9. The molecule has 0 aliphatic carbocycles.